The van der Waals surface area contributed by atoms with Gasteiger partial charge in [-0.25, -0.2) is 9.80 Å². The summed E-state index contributed by atoms with van der Waals surface area (Å²) in [4.78, 5) is 81.3. The number of esters is 2. The number of amides is 4. The van der Waals surface area contributed by atoms with Crippen LogP contribution in [0.5, 0.6) is 0 Å². The molecule has 4 fully saturated rings. The first-order valence-electron chi connectivity index (χ1n) is 15.5. The molecule has 2 aliphatic heterocycles. The SMILES string of the molecule is N[C@H](Cc1ccccc1)C(=O)OCN1C(=O)[C@H]2[C@H](C1=O)[C@@H]1[C@H]3C=C[C@@H]([C@H]4C(=O)N(COC(=O)[C@@H](N)Cc5ccccc5)C(=O)[C@@H]34)[C@@H]21. The number of nitrogens with two attached hydrogens (primary N) is 2. The monoisotopic (exact) mass is 626 g/mol. The third-order valence-corrected chi connectivity index (χ3v) is 10.4. The first kappa shape index (κ1) is 30.0. The molecule has 2 saturated carbocycles. The minimum Gasteiger partial charge on any atom is -0.443 e. The second-order valence-corrected chi connectivity index (χ2v) is 12.8. The summed E-state index contributed by atoms with van der Waals surface area (Å²) in [5.74, 6) is -7.53. The molecular formula is C34H34N4O8. The van der Waals surface area contributed by atoms with Gasteiger partial charge in [-0.15, -0.1) is 0 Å². The van der Waals surface area contributed by atoms with Crippen molar-refractivity contribution in [1.29, 1.82) is 0 Å². The number of carbonyl (C=O) groups is 6. The maximum atomic E-state index is 13.6. The van der Waals surface area contributed by atoms with Crippen LogP contribution in [0, 0.1) is 47.3 Å². The number of allylic oxidation sites excluding steroid dienone is 2. The average Bonchev–Trinajstić information content (AvgIpc) is 3.42. The van der Waals surface area contributed by atoms with E-state index in [9.17, 15) is 28.8 Å². The van der Waals surface area contributed by atoms with E-state index in [1.54, 1.807) is 0 Å². The Kier molecular flexibility index (Phi) is 7.56. The van der Waals surface area contributed by atoms with E-state index < -0.39 is 96.6 Å². The molecule has 2 aromatic carbocycles. The zero-order valence-corrected chi connectivity index (χ0v) is 24.8. The Hall–Kier alpha value is -4.68. The molecule has 4 aliphatic carbocycles. The highest BCUT2D eigenvalue weighted by Crippen LogP contribution is 2.68. The Morgan fingerprint density at radius 2 is 0.935 bits per heavy atom. The smallest absolute Gasteiger partial charge is 0.324 e. The Bertz CT molecular complexity index is 1570. The van der Waals surface area contributed by atoms with Gasteiger partial charge in [-0.2, -0.15) is 0 Å². The van der Waals surface area contributed by atoms with Gasteiger partial charge in [0.1, 0.15) is 12.1 Å². The summed E-state index contributed by atoms with van der Waals surface area (Å²) in [6.07, 6.45) is 4.24. The van der Waals surface area contributed by atoms with E-state index in [1.165, 1.54) is 0 Å². The number of nitrogens with zero attached hydrogens (tertiary/aromatic N) is 2. The number of benzene rings is 2. The quantitative estimate of drug-likeness (QED) is 0.213. The van der Waals surface area contributed by atoms with Gasteiger partial charge in [0.2, 0.25) is 23.6 Å². The number of carbonyl (C=O) groups excluding carboxylic acids is 6. The maximum absolute atomic E-state index is 13.6. The van der Waals surface area contributed by atoms with E-state index in [-0.39, 0.29) is 24.7 Å². The van der Waals surface area contributed by atoms with Gasteiger partial charge in [0.25, 0.3) is 0 Å². The second-order valence-electron chi connectivity index (χ2n) is 12.8. The Balaban J connectivity index is 0.988. The summed E-state index contributed by atoms with van der Waals surface area (Å²) < 4.78 is 10.6. The molecule has 2 aromatic rings. The second kappa shape index (κ2) is 11.6. The summed E-state index contributed by atoms with van der Waals surface area (Å²) in [7, 11) is 0. The van der Waals surface area contributed by atoms with Crippen LogP contribution < -0.4 is 11.5 Å². The fraction of sp³-hybridized carbons (Fsp3) is 0.412. The molecule has 8 rings (SSSR count). The van der Waals surface area contributed by atoms with E-state index in [4.69, 9.17) is 20.9 Å². The third-order valence-electron chi connectivity index (χ3n) is 10.4. The summed E-state index contributed by atoms with van der Waals surface area (Å²) in [6, 6.07) is 16.4. The van der Waals surface area contributed by atoms with Crippen LogP contribution in [0.2, 0.25) is 0 Å². The van der Waals surface area contributed by atoms with Crippen molar-refractivity contribution in [2.45, 2.75) is 24.9 Å². The molecule has 0 radical (unpaired) electrons. The first-order chi connectivity index (χ1) is 22.2. The Morgan fingerprint density at radius 1 is 0.587 bits per heavy atom. The van der Waals surface area contributed by atoms with Gasteiger partial charge >= 0.3 is 11.9 Å². The standard InChI is InChI=1S/C34H34N4O8/c35-21(13-17-7-3-1-4-8-17)33(43)45-15-37-29(39)25-19-11-12-20(26(25)30(37)40)24-23(19)27-28(24)32(42)38(31(27)41)16-46-34(44)22(36)14-18-9-5-2-6-10-18/h1-12,19-28H,13-16,35-36H2/t19-,20-,21+,22-,23-,24-,25-,26+,27-,28-/m1/s1. The zero-order chi connectivity index (χ0) is 32.3. The molecule has 10 atom stereocenters. The van der Waals surface area contributed by atoms with Crippen LogP contribution in [-0.2, 0) is 51.1 Å². The number of fused-ring (bicyclic) bond motifs is 1. The Labute approximate surface area is 264 Å². The number of likely N-dealkylation sites (tertiary alicyclic amines) is 2. The molecule has 6 aliphatic rings. The van der Waals surface area contributed by atoms with E-state index in [0.29, 0.717) is 0 Å². The fourth-order valence-corrected chi connectivity index (χ4v) is 8.35. The molecular weight excluding hydrogens is 592 g/mol. The van der Waals surface area contributed by atoms with Gasteiger partial charge in [0.15, 0.2) is 13.5 Å². The maximum Gasteiger partial charge on any atom is 0.324 e. The van der Waals surface area contributed by atoms with Crippen molar-refractivity contribution in [3.8, 4) is 0 Å². The van der Waals surface area contributed by atoms with Gasteiger partial charge in [0.05, 0.1) is 23.7 Å². The largest absolute Gasteiger partial charge is 0.443 e. The van der Waals surface area contributed by atoms with E-state index in [0.717, 1.165) is 20.9 Å². The minimum atomic E-state index is -0.968. The summed E-state index contributed by atoms with van der Waals surface area (Å²) in [5.41, 5.74) is 13.7. The van der Waals surface area contributed by atoms with Crippen LogP contribution in [-0.4, -0.2) is 70.9 Å². The van der Waals surface area contributed by atoms with Crippen molar-refractivity contribution in [3.05, 3.63) is 83.9 Å². The summed E-state index contributed by atoms with van der Waals surface area (Å²) >= 11 is 0. The molecule has 0 unspecified atom stereocenters. The normalized spacial score (nSPS) is 31.6. The number of hydrogen-bond acceptors (Lipinski definition) is 10. The van der Waals surface area contributed by atoms with Gasteiger partial charge in [0, 0.05) is 0 Å². The van der Waals surface area contributed by atoms with Crippen molar-refractivity contribution in [2.24, 2.45) is 58.8 Å². The van der Waals surface area contributed by atoms with Crippen molar-refractivity contribution < 1.29 is 38.2 Å². The van der Waals surface area contributed by atoms with Gasteiger partial charge in [-0.05, 0) is 47.6 Å². The predicted molar refractivity (Wildman–Crippen MR) is 159 cm³/mol. The number of imide groups is 2. The predicted octanol–water partition coefficient (Wildman–Crippen LogP) is 0.392. The van der Waals surface area contributed by atoms with Crippen molar-refractivity contribution in [3.63, 3.8) is 0 Å². The van der Waals surface area contributed by atoms with Gasteiger partial charge < -0.3 is 20.9 Å². The van der Waals surface area contributed by atoms with Crippen LogP contribution in [0.3, 0.4) is 0 Å². The van der Waals surface area contributed by atoms with E-state index in [1.807, 2.05) is 72.8 Å². The van der Waals surface area contributed by atoms with Gasteiger partial charge in [-0.3, -0.25) is 28.8 Å². The molecule has 2 heterocycles. The summed E-state index contributed by atoms with van der Waals surface area (Å²) in [5, 5.41) is 0. The molecule has 46 heavy (non-hydrogen) atoms. The molecule has 12 nitrogen and oxygen atoms in total. The van der Waals surface area contributed by atoms with E-state index >= 15 is 0 Å². The van der Waals surface area contributed by atoms with Crippen molar-refractivity contribution >= 4 is 35.6 Å². The first-order valence-corrected chi connectivity index (χ1v) is 15.5. The summed E-state index contributed by atoms with van der Waals surface area (Å²) in [6.45, 7) is -1.08. The highest BCUT2D eigenvalue weighted by molar-refractivity contribution is 6.09. The molecule has 4 N–H and O–H groups in total. The van der Waals surface area contributed by atoms with Crippen LogP contribution in [0.4, 0.5) is 0 Å². The fourth-order valence-electron chi connectivity index (χ4n) is 8.35. The number of ether oxygens (including phenoxy) is 2. The van der Waals surface area contributed by atoms with Crippen molar-refractivity contribution in [2.75, 3.05) is 13.5 Å². The lowest BCUT2D eigenvalue weighted by molar-refractivity contribution is -0.166. The minimum absolute atomic E-state index is 0.242. The lowest BCUT2D eigenvalue weighted by atomic mass is 9.40. The molecule has 0 spiro atoms. The molecule has 12 heteroatoms. The molecule has 2 saturated heterocycles. The average molecular weight is 627 g/mol. The van der Waals surface area contributed by atoms with Gasteiger partial charge in [-0.1, -0.05) is 72.8 Å². The highest BCUT2D eigenvalue weighted by atomic mass is 16.6. The zero-order valence-electron chi connectivity index (χ0n) is 24.8. The Morgan fingerprint density at radius 3 is 1.30 bits per heavy atom. The topological polar surface area (TPSA) is 179 Å². The highest BCUT2D eigenvalue weighted by Gasteiger charge is 2.75. The third kappa shape index (κ3) is 4.74. The van der Waals surface area contributed by atoms with E-state index in [2.05, 4.69) is 0 Å². The lowest BCUT2D eigenvalue weighted by Gasteiger charge is -2.60. The molecule has 238 valence electrons. The van der Waals surface area contributed by atoms with Crippen molar-refractivity contribution in [1.82, 2.24) is 9.80 Å². The van der Waals surface area contributed by atoms with Crippen LogP contribution in [0.15, 0.2) is 72.8 Å². The lowest BCUT2D eigenvalue weighted by Crippen LogP contribution is -2.63. The number of hydrogen-bond donors (Lipinski definition) is 2. The molecule has 4 amide bonds. The van der Waals surface area contributed by atoms with Crippen LogP contribution in [0.25, 0.3) is 0 Å². The van der Waals surface area contributed by atoms with Crippen LogP contribution in [0.1, 0.15) is 11.1 Å². The number of rotatable bonds is 10. The van der Waals surface area contributed by atoms with Crippen LogP contribution >= 0.6 is 0 Å². The molecule has 0 aromatic heterocycles. The molecule has 2 bridgehead atoms.